The second-order valence-electron chi connectivity index (χ2n) is 13.9. The number of aliphatic carboxylic acids is 1. The molecule has 2 aromatic heterocycles. The van der Waals surface area contributed by atoms with E-state index in [1.54, 1.807) is 37.6 Å². The van der Waals surface area contributed by atoms with E-state index < -0.39 is 17.4 Å². The van der Waals surface area contributed by atoms with Crippen molar-refractivity contribution >= 4 is 46.8 Å². The minimum Gasteiger partial charge on any atom is -0.481 e. The van der Waals surface area contributed by atoms with E-state index in [1.165, 1.54) is 0 Å². The van der Waals surface area contributed by atoms with E-state index >= 15 is 0 Å². The fraction of sp³-hybridized carbons (Fsp3) is 0.359. The molecule has 0 radical (unpaired) electrons. The van der Waals surface area contributed by atoms with Crippen LogP contribution < -0.4 is 30.7 Å². The third-order valence-electron chi connectivity index (χ3n) is 9.40. The molecule has 2 aromatic carbocycles. The highest BCUT2D eigenvalue weighted by molar-refractivity contribution is 6.37. The van der Waals surface area contributed by atoms with Crippen LogP contribution in [-0.2, 0) is 29.1 Å². The number of carbonyl (C=O) groups is 3. The fourth-order valence-corrected chi connectivity index (χ4v) is 7.23. The van der Waals surface area contributed by atoms with Crippen LogP contribution in [0.2, 0.25) is 10.0 Å². The number of carbonyl (C=O) groups excluding carboxylic acids is 2. The van der Waals surface area contributed by atoms with Crippen LogP contribution in [-0.4, -0.2) is 58.1 Å². The summed E-state index contributed by atoms with van der Waals surface area (Å²) in [6, 6.07) is 16.7. The zero-order valence-corrected chi connectivity index (χ0v) is 31.2. The van der Waals surface area contributed by atoms with Gasteiger partial charge in [-0.3, -0.25) is 14.4 Å². The van der Waals surface area contributed by atoms with Crippen molar-refractivity contribution in [3.05, 3.63) is 98.7 Å². The Labute approximate surface area is 318 Å². The number of anilines is 1. The van der Waals surface area contributed by atoms with Gasteiger partial charge in [-0.15, -0.1) is 0 Å². The number of nitrogens with zero attached hydrogens (tertiary/aromatic N) is 2. The summed E-state index contributed by atoms with van der Waals surface area (Å²) in [7, 11) is 1.55. The van der Waals surface area contributed by atoms with E-state index in [-0.39, 0.29) is 30.4 Å². The molecule has 278 valence electrons. The summed E-state index contributed by atoms with van der Waals surface area (Å²) < 4.78 is 12.0. The molecular formula is C39H42Cl2N6O6. The van der Waals surface area contributed by atoms with Crippen molar-refractivity contribution in [1.29, 1.82) is 0 Å². The molecule has 2 aliphatic rings. The predicted octanol–water partition coefficient (Wildman–Crippen LogP) is 6.49. The summed E-state index contributed by atoms with van der Waals surface area (Å²) in [6.07, 6.45) is 4.06. The summed E-state index contributed by atoms with van der Waals surface area (Å²) in [5.74, 6) is -0.166. The average molecular weight is 762 g/mol. The van der Waals surface area contributed by atoms with Gasteiger partial charge >= 0.3 is 5.97 Å². The van der Waals surface area contributed by atoms with Gasteiger partial charge < -0.3 is 35.8 Å². The Morgan fingerprint density at radius 3 is 2.53 bits per heavy atom. The van der Waals surface area contributed by atoms with Gasteiger partial charge in [0.2, 0.25) is 17.7 Å². The van der Waals surface area contributed by atoms with E-state index in [1.807, 2.05) is 44.2 Å². The molecule has 4 aromatic rings. The van der Waals surface area contributed by atoms with Crippen molar-refractivity contribution in [3.8, 4) is 22.9 Å². The Bertz CT molecular complexity index is 2010. The minimum atomic E-state index is -0.878. The largest absolute Gasteiger partial charge is 0.481 e. The van der Waals surface area contributed by atoms with Crippen LogP contribution in [0.5, 0.6) is 11.8 Å². The Morgan fingerprint density at radius 1 is 1.02 bits per heavy atom. The normalized spacial score (nSPS) is 16.6. The lowest BCUT2D eigenvalue weighted by atomic mass is 9.95. The van der Waals surface area contributed by atoms with Crippen molar-refractivity contribution < 1.29 is 29.0 Å². The molecule has 0 bridgehead atoms. The number of amides is 2. The van der Waals surface area contributed by atoms with Crippen LogP contribution in [0.1, 0.15) is 78.2 Å². The maximum absolute atomic E-state index is 13.4. The number of methoxy groups -OCH3 is 1. The lowest BCUT2D eigenvalue weighted by Gasteiger charge is -2.24. The summed E-state index contributed by atoms with van der Waals surface area (Å²) in [5, 5.41) is 22.1. The molecule has 12 nitrogen and oxygen atoms in total. The Kier molecular flexibility index (Phi) is 11.8. The number of halogens is 2. The zero-order chi connectivity index (χ0) is 37.7. The van der Waals surface area contributed by atoms with E-state index in [0.717, 1.165) is 46.2 Å². The lowest BCUT2D eigenvalue weighted by Crippen LogP contribution is -2.40. The summed E-state index contributed by atoms with van der Waals surface area (Å²) in [6.45, 7) is 5.17. The van der Waals surface area contributed by atoms with Gasteiger partial charge in [0.25, 0.3) is 5.91 Å². The van der Waals surface area contributed by atoms with Gasteiger partial charge in [-0.2, -0.15) is 4.98 Å². The van der Waals surface area contributed by atoms with Crippen LogP contribution >= 0.6 is 23.2 Å². The van der Waals surface area contributed by atoms with Crippen molar-refractivity contribution in [1.82, 2.24) is 25.9 Å². The number of carboxylic acids is 1. The van der Waals surface area contributed by atoms with Crippen molar-refractivity contribution in [2.24, 2.45) is 0 Å². The minimum absolute atomic E-state index is 0.0186. The maximum atomic E-state index is 13.4. The van der Waals surface area contributed by atoms with Gasteiger partial charge in [-0.1, -0.05) is 59.6 Å². The summed E-state index contributed by atoms with van der Waals surface area (Å²) >= 11 is 13.6. The molecule has 2 atom stereocenters. The molecule has 14 heteroatoms. The number of hydrogen-bond donors (Lipinski definition) is 5. The molecule has 2 amide bonds. The maximum Gasteiger partial charge on any atom is 0.305 e. The Hall–Kier alpha value is -4.75. The molecular weight excluding hydrogens is 719 g/mol. The first-order valence-corrected chi connectivity index (χ1v) is 18.2. The first-order chi connectivity index (χ1) is 25.4. The molecule has 0 saturated carbocycles. The first kappa shape index (κ1) is 38.0. The van der Waals surface area contributed by atoms with Crippen LogP contribution in [0.4, 0.5) is 5.82 Å². The third-order valence-corrected chi connectivity index (χ3v) is 10.1. The molecule has 0 unspecified atom stereocenters. The van der Waals surface area contributed by atoms with E-state index in [4.69, 9.17) is 37.8 Å². The lowest BCUT2D eigenvalue weighted by molar-refractivity contribution is -0.138. The SMILES string of the molecule is COc1nc(O[C@H]2CCc3c(-c4cccc(C(=O)Nc5ccc(CNC(C)(C)CC(=O)O)cn5)c4Cl)cccc32)c(Cl)cc1CNC[C@@H]1CCC(=O)N1. The van der Waals surface area contributed by atoms with Gasteiger partial charge in [-0.25, -0.2) is 4.98 Å². The monoisotopic (exact) mass is 760 g/mol. The van der Waals surface area contributed by atoms with Crippen molar-refractivity contribution in [2.75, 3.05) is 19.0 Å². The van der Waals surface area contributed by atoms with Gasteiger partial charge in [0, 0.05) is 55.0 Å². The quantitative estimate of drug-likeness (QED) is 0.0905. The second kappa shape index (κ2) is 16.5. The molecule has 1 saturated heterocycles. The van der Waals surface area contributed by atoms with Crippen LogP contribution in [0, 0.1) is 0 Å². The summed E-state index contributed by atoms with van der Waals surface area (Å²) in [5.41, 5.74) is 5.03. The number of carboxylic acid groups (broad SMARTS) is 1. The Morgan fingerprint density at radius 2 is 1.81 bits per heavy atom. The van der Waals surface area contributed by atoms with Gasteiger partial charge in [0.1, 0.15) is 16.9 Å². The number of fused-ring (bicyclic) bond motifs is 1. The number of nitrogens with one attached hydrogen (secondary N) is 4. The summed E-state index contributed by atoms with van der Waals surface area (Å²) in [4.78, 5) is 45.0. The van der Waals surface area contributed by atoms with Crippen LogP contribution in [0.3, 0.4) is 0 Å². The number of rotatable bonds is 15. The molecule has 5 N–H and O–H groups in total. The molecule has 1 aliphatic heterocycles. The van der Waals surface area contributed by atoms with Gasteiger partial charge in [0.05, 0.1) is 24.1 Å². The Balaban J connectivity index is 1.13. The molecule has 3 heterocycles. The highest BCUT2D eigenvalue weighted by Gasteiger charge is 2.29. The molecule has 0 spiro atoms. The van der Waals surface area contributed by atoms with Gasteiger partial charge in [-0.05, 0) is 73.6 Å². The average Bonchev–Trinajstić information content (AvgIpc) is 3.74. The molecule has 1 aliphatic carbocycles. The number of aromatic nitrogens is 2. The number of benzene rings is 2. The topological polar surface area (TPSA) is 164 Å². The first-order valence-electron chi connectivity index (χ1n) is 17.4. The second-order valence-corrected chi connectivity index (χ2v) is 14.7. The van der Waals surface area contributed by atoms with Crippen molar-refractivity contribution in [2.45, 2.75) is 76.7 Å². The zero-order valence-electron chi connectivity index (χ0n) is 29.7. The highest BCUT2D eigenvalue weighted by Crippen LogP contribution is 2.43. The molecule has 1 fully saturated rings. The molecule has 53 heavy (non-hydrogen) atoms. The third kappa shape index (κ3) is 9.25. The van der Waals surface area contributed by atoms with Crippen molar-refractivity contribution in [3.63, 3.8) is 0 Å². The van der Waals surface area contributed by atoms with Crippen LogP contribution in [0.15, 0.2) is 60.8 Å². The number of hydrogen-bond acceptors (Lipinski definition) is 9. The smallest absolute Gasteiger partial charge is 0.305 e. The highest BCUT2D eigenvalue weighted by atomic mass is 35.5. The number of ether oxygens (including phenoxy) is 2. The molecule has 6 rings (SSSR count). The number of pyridine rings is 2. The fourth-order valence-electron chi connectivity index (χ4n) is 6.70. The van der Waals surface area contributed by atoms with Crippen LogP contribution in [0.25, 0.3) is 11.1 Å². The van der Waals surface area contributed by atoms with E-state index in [2.05, 4.69) is 31.2 Å². The van der Waals surface area contributed by atoms with E-state index in [0.29, 0.717) is 59.8 Å². The predicted molar refractivity (Wildman–Crippen MR) is 203 cm³/mol. The standard InChI is InChI=1S/C39H42Cl2N6O6/c1-39(2,17-34(49)50)44-19-22-10-14-32(43-18-22)46-36(51)29-9-5-8-28(35(29)41)25-6-4-7-27-26(25)12-13-31(27)53-38-30(40)16-23(37(47-38)52-3)20-42-21-24-11-15-33(48)45-24/h4-10,14,16,18,24,31,42,44H,11-13,15,17,19-21H2,1-3H3,(H,45,48)(H,49,50)(H,43,46,51)/t24-,31-/m0/s1. The van der Waals surface area contributed by atoms with E-state index in [9.17, 15) is 14.4 Å². The van der Waals surface area contributed by atoms with Gasteiger partial charge in [0.15, 0.2) is 0 Å².